The minimum absolute atomic E-state index is 0.139. The van der Waals surface area contributed by atoms with Crippen molar-refractivity contribution >= 4 is 14.1 Å². The van der Waals surface area contributed by atoms with Crippen molar-refractivity contribution in [2.45, 2.75) is 25.8 Å². The quantitative estimate of drug-likeness (QED) is 0.625. The number of hydrogen-bond acceptors (Lipinski definition) is 4. The number of halogens is 3. The number of nitrogens with zero attached hydrogens (tertiary/aromatic N) is 2. The molecule has 0 radical (unpaired) electrons. The highest BCUT2D eigenvalue weighted by molar-refractivity contribution is 6.70. The molecule has 0 bridgehead atoms. The summed E-state index contributed by atoms with van der Waals surface area (Å²) >= 11 is 0. The Kier molecular flexibility index (Phi) is 4.55. The molecule has 1 heterocycles. The summed E-state index contributed by atoms with van der Waals surface area (Å²) in [6.45, 7) is 5.39. The molecule has 0 saturated carbocycles. The van der Waals surface area contributed by atoms with Crippen molar-refractivity contribution in [3.05, 3.63) is 53.3 Å². The minimum Gasteiger partial charge on any atom is -0.518 e. The van der Waals surface area contributed by atoms with Crippen LogP contribution in [0.2, 0.25) is 19.6 Å². The Morgan fingerprint density at radius 3 is 2.26 bits per heavy atom. The lowest BCUT2D eigenvalue weighted by Gasteiger charge is -2.18. The molecule has 0 atom stereocenters. The van der Waals surface area contributed by atoms with E-state index in [-0.39, 0.29) is 11.6 Å². The standard InChI is InChI=1S/C15H15F3N2O2Si/c1-23(2,3)22-14-19-9-11(13(20-14)15(16,17)18)12(21)10-7-5-4-6-8-10/h4-9H,1-3H3. The summed E-state index contributed by atoms with van der Waals surface area (Å²) in [6.07, 6.45) is -3.90. The van der Waals surface area contributed by atoms with Crippen LogP contribution in [0.4, 0.5) is 13.2 Å². The van der Waals surface area contributed by atoms with Gasteiger partial charge in [0.1, 0.15) is 0 Å². The summed E-state index contributed by atoms with van der Waals surface area (Å²) in [4.78, 5) is 19.5. The molecule has 2 rings (SSSR count). The van der Waals surface area contributed by atoms with Crippen molar-refractivity contribution in [2.24, 2.45) is 0 Å². The minimum atomic E-state index is -4.78. The van der Waals surface area contributed by atoms with Gasteiger partial charge in [0, 0.05) is 11.8 Å². The zero-order valence-electron chi connectivity index (χ0n) is 12.8. The number of rotatable bonds is 4. The zero-order valence-corrected chi connectivity index (χ0v) is 13.8. The largest absolute Gasteiger partial charge is 0.518 e. The predicted molar refractivity (Wildman–Crippen MR) is 80.9 cm³/mol. The summed E-state index contributed by atoms with van der Waals surface area (Å²) in [5.74, 6) is -0.780. The van der Waals surface area contributed by atoms with Crippen LogP contribution in [0.1, 0.15) is 21.6 Å². The number of ketones is 1. The van der Waals surface area contributed by atoms with E-state index in [9.17, 15) is 18.0 Å². The number of alkyl halides is 3. The molecule has 1 aromatic carbocycles. The SMILES string of the molecule is C[Si](C)(C)Oc1ncc(C(=O)c2ccccc2)c(C(F)(F)F)n1. The average Bonchev–Trinajstić information content (AvgIpc) is 2.45. The molecule has 0 fully saturated rings. The maximum atomic E-state index is 13.3. The number of benzene rings is 1. The first-order valence-corrected chi connectivity index (χ1v) is 10.2. The molecule has 0 unspecified atom stereocenters. The summed E-state index contributed by atoms with van der Waals surface area (Å²) in [5, 5.41) is 0. The van der Waals surface area contributed by atoms with Crippen LogP contribution in [-0.4, -0.2) is 24.1 Å². The van der Waals surface area contributed by atoms with Gasteiger partial charge in [-0.3, -0.25) is 4.79 Å². The Bertz CT molecular complexity index is 713. The second kappa shape index (κ2) is 6.11. The van der Waals surface area contributed by atoms with Crippen molar-refractivity contribution in [1.29, 1.82) is 0 Å². The van der Waals surface area contributed by atoms with E-state index in [1.165, 1.54) is 12.1 Å². The molecule has 8 heteroatoms. The first-order chi connectivity index (χ1) is 10.6. The average molecular weight is 340 g/mol. The number of carbonyl (C=O) groups excluding carboxylic acids is 1. The highest BCUT2D eigenvalue weighted by atomic mass is 28.4. The third-order valence-corrected chi connectivity index (χ3v) is 3.51. The van der Waals surface area contributed by atoms with E-state index >= 15 is 0 Å². The molecule has 122 valence electrons. The first kappa shape index (κ1) is 17.1. The lowest BCUT2D eigenvalue weighted by atomic mass is 10.0. The number of hydrogen-bond donors (Lipinski definition) is 0. The van der Waals surface area contributed by atoms with Gasteiger partial charge in [-0.1, -0.05) is 30.3 Å². The Labute approximate surface area is 132 Å². The normalized spacial score (nSPS) is 12.1. The fourth-order valence-electron chi connectivity index (χ4n) is 1.82. The fourth-order valence-corrected chi connectivity index (χ4v) is 2.46. The highest BCUT2D eigenvalue weighted by Crippen LogP contribution is 2.32. The van der Waals surface area contributed by atoms with Crippen molar-refractivity contribution in [3.63, 3.8) is 0 Å². The van der Waals surface area contributed by atoms with Gasteiger partial charge in [0.2, 0.25) is 8.32 Å². The summed E-state index contributed by atoms with van der Waals surface area (Å²) in [7, 11) is -2.17. The number of aromatic nitrogens is 2. The van der Waals surface area contributed by atoms with E-state index in [0.29, 0.717) is 0 Å². The highest BCUT2D eigenvalue weighted by Gasteiger charge is 2.38. The van der Waals surface area contributed by atoms with E-state index in [2.05, 4.69) is 9.97 Å². The molecule has 4 nitrogen and oxygen atoms in total. The topological polar surface area (TPSA) is 52.1 Å². The van der Waals surface area contributed by atoms with E-state index < -0.39 is 31.5 Å². The monoisotopic (exact) mass is 340 g/mol. The van der Waals surface area contributed by atoms with Gasteiger partial charge in [0.15, 0.2) is 11.5 Å². The molecule has 0 aliphatic rings. The molecule has 0 aliphatic carbocycles. The summed E-state index contributed by atoms with van der Waals surface area (Å²) < 4.78 is 45.1. The van der Waals surface area contributed by atoms with Crippen LogP contribution in [0.25, 0.3) is 0 Å². The second-order valence-electron chi connectivity index (χ2n) is 5.82. The molecule has 0 aliphatic heterocycles. The van der Waals surface area contributed by atoms with Crippen molar-refractivity contribution in [1.82, 2.24) is 9.97 Å². The third-order valence-electron chi connectivity index (χ3n) is 2.71. The lowest BCUT2D eigenvalue weighted by Crippen LogP contribution is -2.31. The Morgan fingerprint density at radius 2 is 1.74 bits per heavy atom. The molecule has 0 amide bonds. The van der Waals surface area contributed by atoms with Gasteiger partial charge in [-0.25, -0.2) is 4.98 Å². The van der Waals surface area contributed by atoms with Crippen molar-refractivity contribution in [3.8, 4) is 6.01 Å². The molecule has 0 spiro atoms. The molecular weight excluding hydrogens is 325 g/mol. The van der Waals surface area contributed by atoms with Gasteiger partial charge in [-0.15, -0.1) is 0 Å². The fraction of sp³-hybridized carbons (Fsp3) is 0.267. The van der Waals surface area contributed by atoms with Crippen LogP contribution in [-0.2, 0) is 6.18 Å². The Morgan fingerprint density at radius 1 is 1.13 bits per heavy atom. The van der Waals surface area contributed by atoms with Crippen LogP contribution >= 0.6 is 0 Å². The van der Waals surface area contributed by atoms with E-state index in [4.69, 9.17) is 4.43 Å². The molecule has 2 aromatic rings. The Hall–Kier alpha value is -2.22. The molecule has 1 aromatic heterocycles. The van der Waals surface area contributed by atoms with Gasteiger partial charge < -0.3 is 4.43 Å². The predicted octanol–water partition coefficient (Wildman–Crippen LogP) is 3.94. The molecule has 0 saturated heterocycles. The summed E-state index contributed by atoms with van der Waals surface area (Å²) in [5.41, 5.74) is -1.73. The van der Waals surface area contributed by atoms with Gasteiger partial charge in [0.25, 0.3) is 0 Å². The van der Waals surface area contributed by atoms with Gasteiger partial charge in [-0.2, -0.15) is 18.2 Å². The van der Waals surface area contributed by atoms with Gasteiger partial charge in [0.05, 0.1) is 5.56 Å². The lowest BCUT2D eigenvalue weighted by molar-refractivity contribution is -0.141. The van der Waals surface area contributed by atoms with Crippen molar-refractivity contribution in [2.75, 3.05) is 0 Å². The van der Waals surface area contributed by atoms with E-state index in [1.807, 2.05) is 0 Å². The molecular formula is C15H15F3N2O2Si. The van der Waals surface area contributed by atoms with E-state index in [1.54, 1.807) is 37.8 Å². The van der Waals surface area contributed by atoms with Crippen LogP contribution in [0.3, 0.4) is 0 Å². The third kappa shape index (κ3) is 4.38. The van der Waals surface area contributed by atoms with Crippen LogP contribution in [0.5, 0.6) is 6.01 Å². The maximum absolute atomic E-state index is 13.3. The maximum Gasteiger partial charge on any atom is 0.434 e. The first-order valence-electron chi connectivity index (χ1n) is 6.81. The molecule has 23 heavy (non-hydrogen) atoms. The number of carbonyl (C=O) groups is 1. The van der Waals surface area contributed by atoms with Crippen molar-refractivity contribution < 1.29 is 22.4 Å². The van der Waals surface area contributed by atoms with Crippen LogP contribution < -0.4 is 4.43 Å². The zero-order chi connectivity index (χ0) is 17.3. The van der Waals surface area contributed by atoms with Crippen LogP contribution in [0.15, 0.2) is 36.5 Å². The van der Waals surface area contributed by atoms with Gasteiger partial charge >= 0.3 is 12.2 Å². The Balaban J connectivity index is 2.50. The van der Waals surface area contributed by atoms with E-state index in [0.717, 1.165) is 6.20 Å². The molecule has 0 N–H and O–H groups in total. The smallest absolute Gasteiger partial charge is 0.434 e. The second-order valence-corrected chi connectivity index (χ2v) is 10.3. The summed E-state index contributed by atoms with van der Waals surface area (Å²) in [6, 6.07) is 7.34. The van der Waals surface area contributed by atoms with Crippen LogP contribution in [0, 0.1) is 0 Å². The van der Waals surface area contributed by atoms with Gasteiger partial charge in [-0.05, 0) is 19.6 Å².